The molecule has 3 atom stereocenters. The van der Waals surface area contributed by atoms with Gasteiger partial charge in [0.15, 0.2) is 0 Å². The summed E-state index contributed by atoms with van der Waals surface area (Å²) in [6, 6.07) is 10.00. The number of hydrogen-bond donors (Lipinski definition) is 1. The van der Waals surface area contributed by atoms with Crippen LogP contribution in [0.3, 0.4) is 0 Å². The quantitative estimate of drug-likeness (QED) is 0.903. The number of carbonyl (C=O) groups is 1. The summed E-state index contributed by atoms with van der Waals surface area (Å²) < 4.78 is 0. The molecule has 0 radical (unpaired) electrons. The van der Waals surface area contributed by atoms with Crippen molar-refractivity contribution >= 4 is 5.91 Å². The summed E-state index contributed by atoms with van der Waals surface area (Å²) in [7, 11) is 0. The molecule has 2 heterocycles. The Morgan fingerprint density at radius 1 is 1.15 bits per heavy atom. The molecule has 0 bridgehead atoms. The van der Waals surface area contributed by atoms with Gasteiger partial charge in [-0.15, -0.1) is 0 Å². The summed E-state index contributed by atoms with van der Waals surface area (Å²) >= 11 is 0. The van der Waals surface area contributed by atoms with Crippen molar-refractivity contribution in [2.75, 3.05) is 6.54 Å². The zero-order valence-electron chi connectivity index (χ0n) is 15.1. The van der Waals surface area contributed by atoms with E-state index in [0.29, 0.717) is 18.7 Å². The first kappa shape index (κ1) is 17.2. The first-order valence-electron chi connectivity index (χ1n) is 9.47. The Hall–Kier alpha value is -2.27. The molecule has 5 nitrogen and oxygen atoms in total. The number of benzene rings is 1. The van der Waals surface area contributed by atoms with Gasteiger partial charge < -0.3 is 10.0 Å². The lowest BCUT2D eigenvalue weighted by atomic mass is 9.66. The molecule has 136 valence electrons. The van der Waals surface area contributed by atoms with Crippen LogP contribution < -0.4 is 0 Å². The molecule has 1 aromatic heterocycles. The van der Waals surface area contributed by atoms with Crippen molar-refractivity contribution in [1.29, 1.82) is 0 Å². The summed E-state index contributed by atoms with van der Waals surface area (Å²) in [6.45, 7) is 2.40. The molecule has 26 heavy (non-hydrogen) atoms. The van der Waals surface area contributed by atoms with Crippen molar-refractivity contribution in [3.8, 4) is 0 Å². The van der Waals surface area contributed by atoms with E-state index in [1.54, 1.807) is 12.4 Å². The molecule has 4 rings (SSSR count). The smallest absolute Gasteiger partial charge is 0.274 e. The van der Waals surface area contributed by atoms with Crippen molar-refractivity contribution in [3.05, 3.63) is 59.7 Å². The summed E-state index contributed by atoms with van der Waals surface area (Å²) in [5, 5.41) is 11.6. The van der Waals surface area contributed by atoms with Crippen LogP contribution in [0.15, 0.2) is 42.7 Å². The van der Waals surface area contributed by atoms with Crippen molar-refractivity contribution < 1.29 is 9.90 Å². The highest BCUT2D eigenvalue weighted by atomic mass is 16.3. The van der Waals surface area contributed by atoms with E-state index in [4.69, 9.17) is 0 Å². The maximum atomic E-state index is 13.1. The van der Waals surface area contributed by atoms with Crippen LogP contribution in [0.1, 0.15) is 53.8 Å². The molecule has 1 aromatic carbocycles. The van der Waals surface area contributed by atoms with Gasteiger partial charge in [0, 0.05) is 24.7 Å². The standard InChI is InChI=1S/C21H25N3O2/c1-15-13-23-18(14-22-15)20(25)24-12-11-21(26,16-7-3-2-4-8-16)17-9-5-6-10-19(17)24/h2-4,7-8,13-14,17,19,26H,5-6,9-12H2,1H3/t17-,19?,21+/m0/s1. The Balaban J connectivity index is 1.64. The lowest BCUT2D eigenvalue weighted by Gasteiger charge is -2.52. The van der Waals surface area contributed by atoms with E-state index in [-0.39, 0.29) is 17.9 Å². The van der Waals surface area contributed by atoms with E-state index in [0.717, 1.165) is 36.9 Å². The van der Waals surface area contributed by atoms with Gasteiger partial charge in [0.1, 0.15) is 5.69 Å². The summed E-state index contributed by atoms with van der Waals surface area (Å²) in [6.07, 6.45) is 7.83. The molecule has 2 aliphatic rings. The van der Waals surface area contributed by atoms with Gasteiger partial charge in [-0.25, -0.2) is 4.98 Å². The Labute approximate surface area is 154 Å². The number of amides is 1. The first-order chi connectivity index (χ1) is 12.6. The molecule has 1 amide bonds. The molecule has 1 unspecified atom stereocenters. The molecule has 1 aliphatic heterocycles. The average molecular weight is 351 g/mol. The van der Waals surface area contributed by atoms with Gasteiger partial charge in [-0.2, -0.15) is 0 Å². The maximum Gasteiger partial charge on any atom is 0.274 e. The van der Waals surface area contributed by atoms with E-state index in [9.17, 15) is 9.90 Å². The SMILES string of the molecule is Cc1cnc(C(=O)N2CC[C@@](O)(c3ccccc3)[C@H]3CCCCC32)cn1. The number of fused-ring (bicyclic) bond motifs is 1. The molecule has 0 spiro atoms. The number of rotatable bonds is 2. The minimum absolute atomic E-state index is 0.0540. The fraction of sp³-hybridized carbons (Fsp3) is 0.476. The van der Waals surface area contributed by atoms with E-state index in [1.807, 2.05) is 42.2 Å². The second-order valence-electron chi connectivity index (χ2n) is 7.54. The van der Waals surface area contributed by atoms with Gasteiger partial charge in [0.05, 0.1) is 17.5 Å². The zero-order valence-corrected chi connectivity index (χ0v) is 15.1. The number of carbonyl (C=O) groups excluding carboxylic acids is 1. The van der Waals surface area contributed by atoms with Crippen LogP contribution in [0, 0.1) is 12.8 Å². The normalized spacial score (nSPS) is 28.5. The Bertz CT molecular complexity index is 778. The van der Waals surface area contributed by atoms with E-state index in [1.165, 1.54) is 0 Å². The number of piperidine rings is 1. The third-order valence-electron chi connectivity index (χ3n) is 6.01. The topological polar surface area (TPSA) is 66.3 Å². The van der Waals surface area contributed by atoms with Crippen molar-refractivity contribution in [2.45, 2.75) is 50.7 Å². The Morgan fingerprint density at radius 2 is 1.92 bits per heavy atom. The van der Waals surface area contributed by atoms with Crippen LogP contribution in [0.4, 0.5) is 0 Å². The zero-order chi connectivity index (χ0) is 18.1. The molecule has 1 saturated carbocycles. The monoisotopic (exact) mass is 351 g/mol. The van der Waals surface area contributed by atoms with Crippen LogP contribution in [0.5, 0.6) is 0 Å². The van der Waals surface area contributed by atoms with Gasteiger partial charge in [-0.05, 0) is 31.7 Å². The third-order valence-corrected chi connectivity index (χ3v) is 6.01. The van der Waals surface area contributed by atoms with Crippen LogP contribution in [0.2, 0.25) is 0 Å². The van der Waals surface area contributed by atoms with Crippen molar-refractivity contribution in [1.82, 2.24) is 14.9 Å². The number of aliphatic hydroxyl groups is 1. The highest BCUT2D eigenvalue weighted by Gasteiger charge is 2.50. The van der Waals surface area contributed by atoms with Crippen LogP contribution in [-0.4, -0.2) is 38.5 Å². The lowest BCUT2D eigenvalue weighted by molar-refractivity contribution is -0.110. The summed E-state index contributed by atoms with van der Waals surface area (Å²) in [5.74, 6) is -0.000677. The molecule has 2 aromatic rings. The number of hydrogen-bond acceptors (Lipinski definition) is 4. The summed E-state index contributed by atoms with van der Waals surface area (Å²) in [5.41, 5.74) is 1.31. The van der Waals surface area contributed by atoms with E-state index in [2.05, 4.69) is 9.97 Å². The van der Waals surface area contributed by atoms with E-state index < -0.39 is 5.60 Å². The minimum Gasteiger partial charge on any atom is -0.385 e. The third kappa shape index (κ3) is 2.90. The highest BCUT2D eigenvalue weighted by molar-refractivity contribution is 5.92. The van der Waals surface area contributed by atoms with Gasteiger partial charge >= 0.3 is 0 Å². The molecular formula is C21H25N3O2. The van der Waals surface area contributed by atoms with Gasteiger partial charge in [-0.3, -0.25) is 9.78 Å². The van der Waals surface area contributed by atoms with Crippen LogP contribution in [0.25, 0.3) is 0 Å². The van der Waals surface area contributed by atoms with Gasteiger partial charge in [-0.1, -0.05) is 43.2 Å². The van der Waals surface area contributed by atoms with E-state index >= 15 is 0 Å². The number of likely N-dealkylation sites (tertiary alicyclic amines) is 1. The van der Waals surface area contributed by atoms with Crippen molar-refractivity contribution in [3.63, 3.8) is 0 Å². The van der Waals surface area contributed by atoms with Crippen molar-refractivity contribution in [2.24, 2.45) is 5.92 Å². The Kier molecular flexibility index (Phi) is 4.49. The maximum absolute atomic E-state index is 13.1. The highest BCUT2D eigenvalue weighted by Crippen LogP contribution is 2.47. The summed E-state index contributed by atoms with van der Waals surface area (Å²) in [4.78, 5) is 23.5. The fourth-order valence-corrected chi connectivity index (χ4v) is 4.67. The number of nitrogens with zero attached hydrogens (tertiary/aromatic N) is 3. The number of aromatic nitrogens is 2. The van der Waals surface area contributed by atoms with Crippen LogP contribution >= 0.6 is 0 Å². The number of aryl methyl sites for hydroxylation is 1. The molecule has 1 saturated heterocycles. The molecule has 1 N–H and O–H groups in total. The largest absolute Gasteiger partial charge is 0.385 e. The van der Waals surface area contributed by atoms with Gasteiger partial charge in [0.25, 0.3) is 5.91 Å². The molecule has 2 fully saturated rings. The Morgan fingerprint density at radius 3 is 2.65 bits per heavy atom. The van der Waals surface area contributed by atoms with Gasteiger partial charge in [0.2, 0.25) is 0 Å². The average Bonchev–Trinajstić information content (AvgIpc) is 2.69. The second-order valence-corrected chi connectivity index (χ2v) is 7.54. The fourth-order valence-electron chi connectivity index (χ4n) is 4.67. The molecule has 1 aliphatic carbocycles. The second kappa shape index (κ2) is 6.80. The first-order valence-corrected chi connectivity index (χ1v) is 9.47. The lowest BCUT2D eigenvalue weighted by Crippen LogP contribution is -2.59. The predicted octanol–water partition coefficient (Wildman–Crippen LogP) is 3.08. The molecule has 5 heteroatoms. The minimum atomic E-state index is -0.859. The van der Waals surface area contributed by atoms with Crippen LogP contribution in [-0.2, 0) is 5.60 Å². The molecular weight excluding hydrogens is 326 g/mol. The predicted molar refractivity (Wildman–Crippen MR) is 98.5 cm³/mol.